The number of carbonyl (C=O) groups is 2. The minimum Gasteiger partial charge on any atom is -0.344 e. The number of nitrogens with two attached hydrogens (primary N) is 1. The molecule has 4 nitrogen and oxygen atoms in total. The molecule has 3 N–H and O–H groups in total. The summed E-state index contributed by atoms with van der Waals surface area (Å²) in [6.45, 7) is 13.1. The van der Waals surface area contributed by atoms with Crippen LogP contribution in [0.4, 0.5) is 0 Å². The average Bonchev–Trinajstić information content (AvgIpc) is 2.31. The molecule has 0 fully saturated rings. The lowest BCUT2D eigenvalue weighted by molar-refractivity contribution is -0.128. The fourth-order valence-electron chi connectivity index (χ4n) is 1.48. The molecule has 0 radical (unpaired) electrons. The molecule has 2 atom stereocenters. The summed E-state index contributed by atoms with van der Waals surface area (Å²) in [5, 5.41) is 2.74. The maximum atomic E-state index is 12.1. The minimum absolute atomic E-state index is 0.0177. The first-order valence-corrected chi connectivity index (χ1v) is 6.50. The number of Topliss-reactive ketones (excluding diaryl/α,β-unsaturated/α-hetero) is 1. The monoisotopic (exact) mass is 254 g/mol. The van der Waals surface area contributed by atoms with E-state index in [-0.39, 0.29) is 23.5 Å². The third-order valence-corrected chi connectivity index (χ3v) is 3.04. The first-order valence-electron chi connectivity index (χ1n) is 6.50. The van der Waals surface area contributed by atoms with Crippen molar-refractivity contribution in [2.24, 2.45) is 17.6 Å². The molecule has 0 aromatic heterocycles. The lowest BCUT2D eigenvalue weighted by atomic mass is 9.93. The van der Waals surface area contributed by atoms with Gasteiger partial charge in [-0.2, -0.15) is 0 Å². The van der Waals surface area contributed by atoms with Crippen LogP contribution < -0.4 is 11.1 Å². The van der Waals surface area contributed by atoms with Gasteiger partial charge in [0.1, 0.15) is 0 Å². The van der Waals surface area contributed by atoms with Crippen LogP contribution in [0.2, 0.25) is 0 Å². The van der Waals surface area contributed by atoms with Crippen LogP contribution in [0, 0.1) is 11.8 Å². The van der Waals surface area contributed by atoms with E-state index in [0.29, 0.717) is 12.0 Å². The standard InChI is InChI=1S/C14H26N2O2/c1-7-10(6)13(17)12(9(4)5)16-14(18)11(15)8(2)3/h8-9,11-12H,6-7,15H2,1-5H3,(H,16,18). The van der Waals surface area contributed by atoms with E-state index in [9.17, 15) is 9.59 Å². The second-order valence-electron chi connectivity index (χ2n) is 5.32. The molecule has 0 aromatic rings. The van der Waals surface area contributed by atoms with Gasteiger partial charge in [0.25, 0.3) is 0 Å². The van der Waals surface area contributed by atoms with Crippen molar-refractivity contribution in [2.75, 3.05) is 0 Å². The largest absolute Gasteiger partial charge is 0.344 e. The molecule has 1 amide bonds. The van der Waals surface area contributed by atoms with Crippen LogP contribution in [0.1, 0.15) is 41.0 Å². The van der Waals surface area contributed by atoms with E-state index in [4.69, 9.17) is 5.73 Å². The van der Waals surface area contributed by atoms with Crippen molar-refractivity contribution in [3.63, 3.8) is 0 Å². The summed E-state index contributed by atoms with van der Waals surface area (Å²) < 4.78 is 0. The van der Waals surface area contributed by atoms with Crippen LogP contribution in [0.5, 0.6) is 0 Å². The summed E-state index contributed by atoms with van der Waals surface area (Å²) in [5.74, 6) is -0.316. The number of hydrogen-bond acceptors (Lipinski definition) is 3. The fourth-order valence-corrected chi connectivity index (χ4v) is 1.48. The van der Waals surface area contributed by atoms with Crippen molar-refractivity contribution in [2.45, 2.75) is 53.1 Å². The summed E-state index contributed by atoms with van der Waals surface area (Å²) in [5.41, 5.74) is 6.31. The Bertz CT molecular complexity index is 322. The third-order valence-electron chi connectivity index (χ3n) is 3.04. The normalized spacial score (nSPS) is 14.4. The van der Waals surface area contributed by atoms with Gasteiger partial charge in [0.2, 0.25) is 5.91 Å². The quantitative estimate of drug-likeness (QED) is 0.678. The third kappa shape index (κ3) is 4.61. The molecule has 0 saturated carbocycles. The average molecular weight is 254 g/mol. The topological polar surface area (TPSA) is 72.2 Å². The Kier molecular flexibility index (Phi) is 6.84. The second kappa shape index (κ2) is 7.31. The lowest BCUT2D eigenvalue weighted by Crippen LogP contribution is -2.52. The molecule has 4 heteroatoms. The number of hydrogen-bond donors (Lipinski definition) is 2. The van der Waals surface area contributed by atoms with E-state index < -0.39 is 12.1 Å². The molecule has 0 aliphatic carbocycles. The maximum absolute atomic E-state index is 12.1. The Morgan fingerprint density at radius 1 is 1.17 bits per heavy atom. The number of ketones is 1. The van der Waals surface area contributed by atoms with Crippen molar-refractivity contribution < 1.29 is 9.59 Å². The van der Waals surface area contributed by atoms with E-state index in [1.807, 2.05) is 34.6 Å². The number of rotatable bonds is 7. The number of amides is 1. The zero-order valence-electron chi connectivity index (χ0n) is 12.1. The Morgan fingerprint density at radius 3 is 2.00 bits per heavy atom. The summed E-state index contributed by atoms with van der Waals surface area (Å²) in [6, 6.07) is -1.12. The first kappa shape index (κ1) is 16.8. The molecule has 0 spiro atoms. The van der Waals surface area contributed by atoms with Crippen molar-refractivity contribution in [1.82, 2.24) is 5.32 Å². The van der Waals surface area contributed by atoms with Crippen LogP contribution in [0.15, 0.2) is 12.2 Å². The molecule has 104 valence electrons. The Labute approximate surface area is 110 Å². The van der Waals surface area contributed by atoms with E-state index in [0.717, 1.165) is 0 Å². The van der Waals surface area contributed by atoms with Gasteiger partial charge >= 0.3 is 0 Å². The molecule has 0 rings (SSSR count). The maximum Gasteiger partial charge on any atom is 0.237 e. The van der Waals surface area contributed by atoms with Crippen molar-refractivity contribution in [3.05, 3.63) is 12.2 Å². The Hall–Kier alpha value is -1.16. The van der Waals surface area contributed by atoms with Gasteiger partial charge in [-0.3, -0.25) is 9.59 Å². The molecule has 0 saturated heterocycles. The van der Waals surface area contributed by atoms with Crippen molar-refractivity contribution >= 4 is 11.7 Å². The second-order valence-corrected chi connectivity index (χ2v) is 5.32. The molecular formula is C14H26N2O2. The zero-order chi connectivity index (χ0) is 14.5. The molecule has 2 unspecified atom stereocenters. The SMILES string of the molecule is C=C(CC)C(=O)C(NC(=O)C(N)C(C)C)C(C)C. The van der Waals surface area contributed by atoms with Crippen molar-refractivity contribution in [1.29, 1.82) is 0 Å². The molecule has 0 aliphatic heterocycles. The van der Waals surface area contributed by atoms with E-state index in [1.165, 1.54) is 0 Å². The highest BCUT2D eigenvalue weighted by atomic mass is 16.2. The van der Waals surface area contributed by atoms with Gasteiger partial charge in [-0.25, -0.2) is 0 Å². The van der Waals surface area contributed by atoms with E-state index >= 15 is 0 Å². The highest BCUT2D eigenvalue weighted by Gasteiger charge is 2.28. The highest BCUT2D eigenvalue weighted by molar-refractivity contribution is 6.01. The number of nitrogens with one attached hydrogen (secondary N) is 1. The van der Waals surface area contributed by atoms with Crippen LogP contribution in [-0.2, 0) is 9.59 Å². The lowest BCUT2D eigenvalue weighted by Gasteiger charge is -2.24. The highest BCUT2D eigenvalue weighted by Crippen LogP contribution is 2.11. The van der Waals surface area contributed by atoms with Crippen LogP contribution in [0.25, 0.3) is 0 Å². The summed E-state index contributed by atoms with van der Waals surface area (Å²) in [4.78, 5) is 24.0. The minimum atomic E-state index is -0.589. The fraction of sp³-hybridized carbons (Fsp3) is 0.714. The van der Waals surface area contributed by atoms with Crippen LogP contribution >= 0.6 is 0 Å². The predicted molar refractivity (Wildman–Crippen MR) is 74.0 cm³/mol. The van der Waals surface area contributed by atoms with Gasteiger partial charge in [0, 0.05) is 0 Å². The molecular weight excluding hydrogens is 228 g/mol. The van der Waals surface area contributed by atoms with Gasteiger partial charge in [0.15, 0.2) is 5.78 Å². The zero-order valence-corrected chi connectivity index (χ0v) is 12.1. The van der Waals surface area contributed by atoms with Gasteiger partial charge < -0.3 is 11.1 Å². The van der Waals surface area contributed by atoms with Gasteiger partial charge in [-0.1, -0.05) is 41.2 Å². The predicted octanol–water partition coefficient (Wildman–Crippen LogP) is 1.65. The van der Waals surface area contributed by atoms with Crippen molar-refractivity contribution in [3.8, 4) is 0 Å². The molecule has 18 heavy (non-hydrogen) atoms. The van der Waals surface area contributed by atoms with Gasteiger partial charge in [-0.15, -0.1) is 0 Å². The van der Waals surface area contributed by atoms with Gasteiger partial charge in [0.05, 0.1) is 12.1 Å². The van der Waals surface area contributed by atoms with E-state index in [1.54, 1.807) is 0 Å². The molecule has 0 aromatic carbocycles. The van der Waals surface area contributed by atoms with Gasteiger partial charge in [-0.05, 0) is 23.8 Å². The smallest absolute Gasteiger partial charge is 0.237 e. The van der Waals surface area contributed by atoms with Crippen LogP contribution in [0.3, 0.4) is 0 Å². The molecule has 0 aliphatic rings. The Balaban J connectivity index is 4.80. The molecule has 0 heterocycles. The number of carbonyl (C=O) groups excluding carboxylic acids is 2. The van der Waals surface area contributed by atoms with Crippen LogP contribution in [-0.4, -0.2) is 23.8 Å². The summed E-state index contributed by atoms with van der Waals surface area (Å²) in [7, 11) is 0. The summed E-state index contributed by atoms with van der Waals surface area (Å²) in [6.07, 6.45) is 0.591. The molecule has 0 bridgehead atoms. The summed E-state index contributed by atoms with van der Waals surface area (Å²) >= 11 is 0. The Morgan fingerprint density at radius 2 is 1.67 bits per heavy atom. The van der Waals surface area contributed by atoms with E-state index in [2.05, 4.69) is 11.9 Å². The first-order chi connectivity index (χ1) is 8.22.